The lowest BCUT2D eigenvalue weighted by molar-refractivity contribution is -0.145. The van der Waals surface area contributed by atoms with E-state index in [1.54, 1.807) is 0 Å². The fraction of sp³-hybridized carbons (Fsp3) is 0.429. The number of benzene rings is 1. The van der Waals surface area contributed by atoms with E-state index in [0.717, 1.165) is 12.8 Å². The molecule has 0 aromatic heterocycles. The Kier molecular flexibility index (Phi) is 3.38. The van der Waals surface area contributed by atoms with E-state index in [9.17, 15) is 14.0 Å². The number of carbonyl (C=O) groups excluding carboxylic acids is 2. The zero-order valence-electron chi connectivity index (χ0n) is 10.7. The van der Waals surface area contributed by atoms with Gasteiger partial charge in [0.1, 0.15) is 11.9 Å². The predicted octanol–water partition coefficient (Wildman–Crippen LogP) is 1.72. The lowest BCUT2D eigenvalue weighted by atomic mass is 10.1. The van der Waals surface area contributed by atoms with Crippen molar-refractivity contribution in [1.82, 2.24) is 10.2 Å². The molecule has 6 heteroatoms. The van der Waals surface area contributed by atoms with Gasteiger partial charge < -0.3 is 10.2 Å². The molecule has 4 nitrogen and oxygen atoms in total. The molecule has 1 aromatic rings. The van der Waals surface area contributed by atoms with Crippen molar-refractivity contribution in [3.8, 4) is 0 Å². The van der Waals surface area contributed by atoms with Gasteiger partial charge in [0.2, 0.25) is 11.8 Å². The molecule has 2 aliphatic rings. The second kappa shape index (κ2) is 5.05. The summed E-state index contributed by atoms with van der Waals surface area (Å²) in [7, 11) is 0. The topological polar surface area (TPSA) is 49.4 Å². The highest BCUT2D eigenvalue weighted by Gasteiger charge is 2.42. The van der Waals surface area contributed by atoms with E-state index in [2.05, 4.69) is 5.32 Å². The first-order valence-electron chi connectivity index (χ1n) is 6.56. The normalized spacial score (nSPS) is 22.9. The number of hydrogen-bond donors (Lipinski definition) is 1. The largest absolute Gasteiger partial charge is 0.342 e. The molecule has 1 atom stereocenters. The minimum absolute atomic E-state index is 0.00506. The van der Waals surface area contributed by atoms with Crippen LogP contribution < -0.4 is 5.32 Å². The molecule has 1 aromatic carbocycles. The van der Waals surface area contributed by atoms with Gasteiger partial charge in [-0.25, -0.2) is 4.39 Å². The zero-order chi connectivity index (χ0) is 14.3. The van der Waals surface area contributed by atoms with Crippen LogP contribution in [0.3, 0.4) is 0 Å². The van der Waals surface area contributed by atoms with Crippen molar-refractivity contribution in [2.75, 3.05) is 6.54 Å². The maximum Gasteiger partial charge on any atom is 0.246 e. The standard InChI is InChI=1S/C14H14ClFN2O2/c15-11-4-3-10(16)5-9(11)6-18-7-12(19)17-13(14(18)20)8-1-2-8/h3-5,8,13H,1-2,6-7H2,(H,17,19). The van der Waals surface area contributed by atoms with Crippen molar-refractivity contribution in [2.45, 2.75) is 25.4 Å². The van der Waals surface area contributed by atoms with Crippen LogP contribution in [0.2, 0.25) is 5.02 Å². The van der Waals surface area contributed by atoms with Gasteiger partial charge in [-0.3, -0.25) is 9.59 Å². The second-order valence-electron chi connectivity index (χ2n) is 5.31. The molecule has 20 heavy (non-hydrogen) atoms. The van der Waals surface area contributed by atoms with Crippen LogP contribution >= 0.6 is 11.6 Å². The van der Waals surface area contributed by atoms with E-state index in [1.165, 1.54) is 23.1 Å². The number of nitrogens with one attached hydrogen (secondary N) is 1. The summed E-state index contributed by atoms with van der Waals surface area (Å²) in [4.78, 5) is 25.5. The highest BCUT2D eigenvalue weighted by Crippen LogP contribution is 2.34. The summed E-state index contributed by atoms with van der Waals surface area (Å²) < 4.78 is 13.2. The molecule has 1 unspecified atom stereocenters. The highest BCUT2D eigenvalue weighted by molar-refractivity contribution is 6.31. The SMILES string of the molecule is O=C1CN(Cc2cc(F)ccc2Cl)C(=O)C(C2CC2)N1. The first-order chi connectivity index (χ1) is 9.54. The number of rotatable bonds is 3. The summed E-state index contributed by atoms with van der Waals surface area (Å²) in [5.41, 5.74) is 0.518. The summed E-state index contributed by atoms with van der Waals surface area (Å²) in [6, 6.07) is 3.60. The summed E-state index contributed by atoms with van der Waals surface area (Å²) >= 11 is 6.01. The van der Waals surface area contributed by atoms with Crippen molar-refractivity contribution in [2.24, 2.45) is 5.92 Å². The lowest BCUT2D eigenvalue weighted by Gasteiger charge is -2.32. The molecule has 1 saturated carbocycles. The van der Waals surface area contributed by atoms with Gasteiger partial charge in [0.05, 0.1) is 6.54 Å². The number of halogens is 2. The van der Waals surface area contributed by atoms with Crippen LogP contribution in [0.1, 0.15) is 18.4 Å². The van der Waals surface area contributed by atoms with E-state index >= 15 is 0 Å². The molecular formula is C14H14ClFN2O2. The molecule has 2 amide bonds. The Hall–Kier alpha value is -1.62. The third-order valence-corrected chi connectivity index (χ3v) is 4.06. The fourth-order valence-corrected chi connectivity index (χ4v) is 2.66. The molecule has 106 valence electrons. The number of amides is 2. The average Bonchev–Trinajstić information content (AvgIpc) is 3.22. The highest BCUT2D eigenvalue weighted by atomic mass is 35.5. The summed E-state index contributed by atoms with van der Waals surface area (Å²) in [5, 5.41) is 3.13. The van der Waals surface area contributed by atoms with Gasteiger partial charge in [0, 0.05) is 11.6 Å². The van der Waals surface area contributed by atoms with Crippen LogP contribution in [0.4, 0.5) is 4.39 Å². The van der Waals surface area contributed by atoms with E-state index in [0.29, 0.717) is 10.6 Å². The zero-order valence-corrected chi connectivity index (χ0v) is 11.5. The molecule has 1 aliphatic heterocycles. The smallest absolute Gasteiger partial charge is 0.246 e. The molecule has 1 heterocycles. The van der Waals surface area contributed by atoms with E-state index < -0.39 is 11.9 Å². The molecule has 1 N–H and O–H groups in total. The Morgan fingerprint density at radius 2 is 2.10 bits per heavy atom. The van der Waals surface area contributed by atoms with Crippen molar-refractivity contribution in [3.63, 3.8) is 0 Å². The van der Waals surface area contributed by atoms with Gasteiger partial charge >= 0.3 is 0 Å². The van der Waals surface area contributed by atoms with Crippen LogP contribution in [0, 0.1) is 11.7 Å². The summed E-state index contributed by atoms with van der Waals surface area (Å²) in [5.74, 6) is -0.435. The third-order valence-electron chi connectivity index (χ3n) is 3.69. The van der Waals surface area contributed by atoms with Crippen LogP contribution in [0.15, 0.2) is 18.2 Å². The van der Waals surface area contributed by atoms with Gasteiger partial charge in [-0.15, -0.1) is 0 Å². The van der Waals surface area contributed by atoms with E-state index in [1.807, 2.05) is 0 Å². The number of hydrogen-bond acceptors (Lipinski definition) is 2. The maximum atomic E-state index is 13.2. The van der Waals surface area contributed by atoms with Gasteiger partial charge in [0.25, 0.3) is 0 Å². The fourth-order valence-electron chi connectivity index (χ4n) is 2.48. The molecule has 1 saturated heterocycles. The van der Waals surface area contributed by atoms with E-state index in [4.69, 9.17) is 11.6 Å². The quantitative estimate of drug-likeness (QED) is 0.923. The van der Waals surface area contributed by atoms with Crippen LogP contribution in [0.25, 0.3) is 0 Å². The first kappa shape index (κ1) is 13.4. The Morgan fingerprint density at radius 1 is 1.35 bits per heavy atom. The molecule has 0 bridgehead atoms. The van der Waals surface area contributed by atoms with E-state index in [-0.39, 0.29) is 30.8 Å². The number of piperazine rings is 1. The van der Waals surface area contributed by atoms with Crippen LogP contribution in [-0.4, -0.2) is 29.3 Å². The van der Waals surface area contributed by atoms with Gasteiger partial charge in [-0.2, -0.15) is 0 Å². The molecule has 3 rings (SSSR count). The minimum Gasteiger partial charge on any atom is -0.342 e. The third kappa shape index (κ3) is 2.63. The van der Waals surface area contributed by atoms with Crippen LogP contribution in [-0.2, 0) is 16.1 Å². The summed E-state index contributed by atoms with van der Waals surface area (Å²) in [6.45, 7) is 0.154. The van der Waals surface area contributed by atoms with Gasteiger partial charge in [-0.05, 0) is 42.5 Å². The Morgan fingerprint density at radius 3 is 2.80 bits per heavy atom. The van der Waals surface area contributed by atoms with Crippen molar-refractivity contribution < 1.29 is 14.0 Å². The molecule has 0 spiro atoms. The number of nitrogens with zero attached hydrogens (tertiary/aromatic N) is 1. The van der Waals surface area contributed by atoms with Gasteiger partial charge in [-0.1, -0.05) is 11.6 Å². The molecule has 2 fully saturated rings. The van der Waals surface area contributed by atoms with Crippen molar-refractivity contribution in [3.05, 3.63) is 34.6 Å². The second-order valence-corrected chi connectivity index (χ2v) is 5.72. The Labute approximate surface area is 120 Å². The maximum absolute atomic E-state index is 13.2. The molecule has 0 radical (unpaired) electrons. The first-order valence-corrected chi connectivity index (χ1v) is 6.94. The predicted molar refractivity (Wildman–Crippen MR) is 71.5 cm³/mol. The van der Waals surface area contributed by atoms with Gasteiger partial charge in [0.15, 0.2) is 0 Å². The molecular weight excluding hydrogens is 283 g/mol. The van der Waals surface area contributed by atoms with Crippen LogP contribution in [0.5, 0.6) is 0 Å². The van der Waals surface area contributed by atoms with Crippen molar-refractivity contribution in [1.29, 1.82) is 0 Å². The monoisotopic (exact) mass is 296 g/mol. The Balaban J connectivity index is 1.79. The molecule has 1 aliphatic carbocycles. The Bertz CT molecular complexity index is 574. The minimum atomic E-state index is -0.427. The van der Waals surface area contributed by atoms with Crippen molar-refractivity contribution >= 4 is 23.4 Å². The number of carbonyl (C=O) groups is 2. The average molecular weight is 297 g/mol. The summed E-state index contributed by atoms with van der Waals surface area (Å²) in [6.07, 6.45) is 1.93. The lowest BCUT2D eigenvalue weighted by Crippen LogP contribution is -2.58.